The van der Waals surface area contributed by atoms with Crippen molar-refractivity contribution in [2.45, 2.75) is 120 Å². The second kappa shape index (κ2) is 18.4. The molecule has 0 bridgehead atoms. The van der Waals surface area contributed by atoms with Crippen LogP contribution in [0.15, 0.2) is 0 Å². The van der Waals surface area contributed by atoms with Crippen molar-refractivity contribution in [1.29, 1.82) is 0 Å². The zero-order valence-corrected chi connectivity index (χ0v) is 34.9. The Bertz CT molecular complexity index is 2040. The first-order chi connectivity index (χ1) is 30.1. The third-order valence-corrected chi connectivity index (χ3v) is 14.6. The third-order valence-electron chi connectivity index (χ3n) is 8.83. The molecule has 0 aromatic heterocycles. The van der Waals surface area contributed by atoms with Crippen molar-refractivity contribution in [3.05, 3.63) is 0 Å². The fourth-order valence-electron chi connectivity index (χ4n) is 4.55. The number of nitrogens with zero attached hydrogens (tertiary/aromatic N) is 2. The van der Waals surface area contributed by atoms with Gasteiger partial charge in [-0.15, -0.1) is 0 Å². The highest BCUT2D eigenvalue weighted by molar-refractivity contribution is 7.90. The predicted octanol–water partition coefficient (Wildman–Crippen LogP) is 9.13. The van der Waals surface area contributed by atoms with Crippen LogP contribution in [0.1, 0.15) is 13.8 Å². The van der Waals surface area contributed by atoms with Gasteiger partial charge in [0.25, 0.3) is 20.0 Å². The van der Waals surface area contributed by atoms with E-state index in [9.17, 15) is 186 Å². The van der Waals surface area contributed by atoms with Gasteiger partial charge in [-0.3, -0.25) is 4.57 Å². The lowest BCUT2D eigenvalue weighted by molar-refractivity contribution is -0.458. The average Bonchev–Trinajstić information content (AvgIpc) is 3.12. The van der Waals surface area contributed by atoms with E-state index in [4.69, 9.17) is 0 Å². The summed E-state index contributed by atoms with van der Waals surface area (Å²) in [6, 6.07) is 0. The van der Waals surface area contributed by atoms with E-state index in [0.29, 0.717) is 0 Å². The van der Waals surface area contributed by atoms with Crippen molar-refractivity contribution in [1.82, 2.24) is 8.61 Å². The molecule has 0 saturated carbocycles. The Morgan fingerprint density at radius 2 is 0.507 bits per heavy atom. The minimum Gasteiger partial charge on any atom is -0.378 e. The van der Waals surface area contributed by atoms with Crippen LogP contribution in [0.4, 0.5) is 149 Å². The molecule has 0 aliphatic carbocycles. The molecule has 428 valence electrons. The molecule has 0 amide bonds. The van der Waals surface area contributed by atoms with Gasteiger partial charge >= 0.3 is 93.9 Å². The molecule has 0 aliphatic rings. The first-order valence-corrected chi connectivity index (χ1v) is 21.1. The smallest absolute Gasteiger partial charge is 0.378 e. The monoisotopic (exact) mass is 1200 g/mol. The van der Waals surface area contributed by atoms with Crippen LogP contribution in [0.2, 0.25) is 0 Å². The summed E-state index contributed by atoms with van der Waals surface area (Å²) in [6.07, 6.45) is -29.4. The number of halogens is 34. The fraction of sp³-hybridized carbons (Fsp3) is 1.00. The number of hydrogen-bond acceptors (Lipinski definition) is 7. The SMILES string of the molecule is CC(O)N(CCP(=O)(O)CCN(C(C)O)S(=O)(=O)C(F)(F)C(F)(F)C(F)(F)C(F)(F)C(F)(F)C(F)(F)C(F)(F)C(F)(F)F)S(=O)(=O)C(F)(F)C(F)(F)C(F)(F)C(F)(F)C(F)(F)C(F)(F)C(F)(F)C(F)(F)F. The molecule has 3 N–H and O–H groups in total. The number of sulfonamides is 2. The van der Waals surface area contributed by atoms with Crippen LogP contribution in [0, 0.1) is 0 Å². The summed E-state index contributed by atoms with van der Waals surface area (Å²) in [7, 11) is -23.6. The molecule has 0 aliphatic heterocycles. The number of aliphatic hydroxyl groups is 2. The number of rotatable bonds is 24. The van der Waals surface area contributed by atoms with Gasteiger partial charge in [0.15, 0.2) is 0 Å². The summed E-state index contributed by atoms with van der Waals surface area (Å²) < 4.78 is 522. The molecule has 0 saturated heterocycles. The Balaban J connectivity index is 7.24. The zero-order chi connectivity index (χ0) is 58.6. The maximum Gasteiger partial charge on any atom is 0.460 e. The zero-order valence-electron chi connectivity index (χ0n) is 32.4. The van der Waals surface area contributed by atoms with E-state index in [1.165, 1.54) is 0 Å². The van der Waals surface area contributed by atoms with Gasteiger partial charge in [0.05, 0.1) is 0 Å². The standard InChI is InChI=1S/C24H19F34N2O8PS2/c1-7(61)59(70(65,66)23(55,56)19(45,46)15(37,38)11(29,30)9(25,26)13(33,34)17(41,42)21(49,50)51)3-5-69(63,64)6-4-60(8(2)62)71(67,68)24(57,58)20(47,48)16(39,40)12(31,32)10(27,28)14(35,36)18(43,44)22(52,53)54/h7-8,61-62H,3-6H2,1-2H3,(H,63,64). The van der Waals surface area contributed by atoms with E-state index in [-0.39, 0.29) is 0 Å². The van der Waals surface area contributed by atoms with Crippen LogP contribution in [0.25, 0.3) is 0 Å². The van der Waals surface area contributed by atoms with Crippen LogP contribution in [0.5, 0.6) is 0 Å². The van der Waals surface area contributed by atoms with E-state index in [1.807, 2.05) is 0 Å². The molecule has 0 aromatic carbocycles. The largest absolute Gasteiger partial charge is 0.460 e. The van der Waals surface area contributed by atoms with Crippen LogP contribution in [-0.4, -0.2) is 172 Å². The minimum absolute atomic E-state index is 0.420. The molecule has 0 aromatic rings. The lowest BCUT2D eigenvalue weighted by Crippen LogP contribution is -2.75. The van der Waals surface area contributed by atoms with Crippen molar-refractivity contribution in [3.8, 4) is 0 Å². The van der Waals surface area contributed by atoms with E-state index < -0.39 is 182 Å². The number of alkyl halides is 34. The van der Waals surface area contributed by atoms with Crippen LogP contribution >= 0.6 is 7.37 Å². The van der Waals surface area contributed by atoms with Crippen molar-refractivity contribution >= 4 is 27.4 Å². The first kappa shape index (κ1) is 68.6. The third kappa shape index (κ3) is 9.64. The summed E-state index contributed by atoms with van der Waals surface area (Å²) >= 11 is 0. The van der Waals surface area contributed by atoms with E-state index in [2.05, 4.69) is 0 Å². The minimum atomic E-state index is -9.42. The quantitative estimate of drug-likeness (QED) is 0.0492. The van der Waals surface area contributed by atoms with Crippen molar-refractivity contribution in [3.63, 3.8) is 0 Å². The maximum absolute atomic E-state index is 14.7. The second-order valence-corrected chi connectivity index (χ2v) is 20.2. The second-order valence-electron chi connectivity index (χ2n) is 13.7. The Morgan fingerprint density at radius 1 is 0.352 bits per heavy atom. The van der Waals surface area contributed by atoms with Crippen molar-refractivity contribution in [2.24, 2.45) is 0 Å². The average molecular weight is 1200 g/mol. The molecule has 10 nitrogen and oxygen atoms in total. The van der Waals surface area contributed by atoms with E-state index >= 15 is 0 Å². The first-order valence-electron chi connectivity index (χ1n) is 16.2. The lowest BCUT2D eigenvalue weighted by Gasteiger charge is -2.43. The predicted molar refractivity (Wildman–Crippen MR) is 156 cm³/mol. The Morgan fingerprint density at radius 3 is 0.662 bits per heavy atom. The molecule has 71 heavy (non-hydrogen) atoms. The van der Waals surface area contributed by atoms with Crippen LogP contribution in [-0.2, 0) is 24.6 Å². The lowest BCUT2D eigenvalue weighted by atomic mass is 9.91. The number of hydrogen-bond donors (Lipinski definition) is 3. The number of aliphatic hydroxyl groups excluding tert-OH is 2. The highest BCUT2D eigenvalue weighted by Gasteiger charge is 2.98. The van der Waals surface area contributed by atoms with E-state index in [0.717, 1.165) is 0 Å². The molecule has 0 fully saturated rings. The Kier molecular flexibility index (Phi) is 17.8. The highest BCUT2D eigenvalue weighted by atomic mass is 32.2. The molecule has 2 atom stereocenters. The van der Waals surface area contributed by atoms with Gasteiger partial charge in [-0.1, -0.05) is 0 Å². The summed E-state index contributed by atoms with van der Waals surface area (Å²) in [5.41, 5.74) is 0. The topological polar surface area (TPSA) is 153 Å². The fourth-order valence-corrected chi connectivity index (χ4v) is 9.06. The van der Waals surface area contributed by atoms with Gasteiger partial charge in [0.2, 0.25) is 7.37 Å². The molecule has 0 heterocycles. The van der Waals surface area contributed by atoms with Gasteiger partial charge in [0.1, 0.15) is 12.5 Å². The molecule has 0 radical (unpaired) electrons. The molecule has 2 unspecified atom stereocenters. The maximum atomic E-state index is 14.7. The molecule has 0 rings (SSSR count). The van der Waals surface area contributed by atoms with Crippen LogP contribution in [0.3, 0.4) is 0 Å². The summed E-state index contributed by atoms with van der Waals surface area (Å²) in [4.78, 5) is 9.93. The van der Waals surface area contributed by atoms with Gasteiger partial charge in [-0.25, -0.2) is 16.8 Å². The van der Waals surface area contributed by atoms with Crippen molar-refractivity contribution < 1.29 is 186 Å². The van der Waals surface area contributed by atoms with Crippen molar-refractivity contribution in [2.75, 3.05) is 25.4 Å². The van der Waals surface area contributed by atoms with Crippen LogP contribution < -0.4 is 0 Å². The van der Waals surface area contributed by atoms with Gasteiger partial charge < -0.3 is 15.1 Å². The van der Waals surface area contributed by atoms with Gasteiger partial charge in [-0.2, -0.15) is 158 Å². The highest BCUT2D eigenvalue weighted by Crippen LogP contribution is 2.67. The molecule has 47 heteroatoms. The molecular formula is C24H19F34N2O8PS2. The summed E-state index contributed by atoms with van der Waals surface area (Å²) in [6.45, 7) is -6.68. The molecule has 0 spiro atoms. The Hall–Kier alpha value is -2.45. The Labute approximate surface area is 368 Å². The van der Waals surface area contributed by atoms with E-state index in [1.54, 1.807) is 0 Å². The van der Waals surface area contributed by atoms with Gasteiger partial charge in [-0.05, 0) is 13.8 Å². The summed E-state index contributed by atoms with van der Waals surface area (Å²) in [5, 5.41) is 1.95. The summed E-state index contributed by atoms with van der Waals surface area (Å²) in [5.74, 6) is -110. The normalized spacial score (nSPS) is 18.3. The van der Waals surface area contributed by atoms with Gasteiger partial charge in [0, 0.05) is 25.4 Å². The molecular weight excluding hydrogens is 1190 g/mol.